The summed E-state index contributed by atoms with van der Waals surface area (Å²) in [6, 6.07) is 19.3. The van der Waals surface area contributed by atoms with Gasteiger partial charge in [-0.2, -0.15) is 0 Å². The minimum absolute atomic E-state index is 0.170. The zero-order valence-corrected chi connectivity index (χ0v) is 17.2. The van der Waals surface area contributed by atoms with E-state index in [-0.39, 0.29) is 14.9 Å². The Morgan fingerprint density at radius 2 is 1.53 bits per heavy atom. The van der Waals surface area contributed by atoms with E-state index in [1.165, 1.54) is 22.3 Å². The van der Waals surface area contributed by atoms with Gasteiger partial charge in [0.1, 0.15) is 0 Å². The van der Waals surface area contributed by atoms with Crippen LogP contribution in [0.25, 0.3) is 6.08 Å². The van der Waals surface area contributed by atoms with Crippen molar-refractivity contribution in [3.8, 4) is 0 Å². The monoisotopic (exact) mass is 550 g/mol. The van der Waals surface area contributed by atoms with Crippen LogP contribution in [-0.4, -0.2) is 0 Å². The zero-order valence-electron chi connectivity index (χ0n) is 10.4. The summed E-state index contributed by atoms with van der Waals surface area (Å²) in [7, 11) is 0. The van der Waals surface area contributed by atoms with E-state index in [1.807, 2.05) is 0 Å². The molecular formula is C16H14I2Zr. The summed E-state index contributed by atoms with van der Waals surface area (Å²) in [6.45, 7) is 0. The number of fused-ring (bicyclic) bond motifs is 1. The third-order valence-electron chi connectivity index (χ3n) is 3.11. The molecular weight excluding hydrogens is 537 g/mol. The molecule has 0 spiro atoms. The zero-order chi connectivity index (χ0) is 13.5. The third-order valence-corrected chi connectivity index (χ3v) is 3.11. The van der Waals surface area contributed by atoms with Crippen LogP contribution in [0.1, 0.15) is 16.7 Å². The second-order valence-corrected chi connectivity index (χ2v) is 23.4. The van der Waals surface area contributed by atoms with Crippen molar-refractivity contribution in [2.75, 3.05) is 0 Å². The first-order chi connectivity index (χ1) is 9.33. The summed E-state index contributed by atoms with van der Waals surface area (Å²) in [5, 5.41) is 0. The van der Waals surface area contributed by atoms with Gasteiger partial charge in [-0.25, -0.2) is 0 Å². The van der Waals surface area contributed by atoms with Gasteiger partial charge in [0.25, 0.3) is 0 Å². The average molecular weight is 551 g/mol. The molecule has 0 atom stereocenters. The maximum absolute atomic E-state index is 2.45. The van der Waals surface area contributed by atoms with E-state index in [2.05, 4.69) is 96.8 Å². The molecule has 0 fully saturated rings. The van der Waals surface area contributed by atoms with Crippen molar-refractivity contribution in [1.82, 2.24) is 0 Å². The van der Waals surface area contributed by atoms with Crippen LogP contribution >= 0.6 is 36.1 Å². The molecule has 96 valence electrons. The van der Waals surface area contributed by atoms with Crippen molar-refractivity contribution in [3.05, 3.63) is 76.9 Å². The van der Waals surface area contributed by atoms with E-state index >= 15 is 0 Å². The molecule has 19 heavy (non-hydrogen) atoms. The molecule has 0 unspecified atom stereocenters. The summed E-state index contributed by atoms with van der Waals surface area (Å²) < 4.78 is 0. The maximum atomic E-state index is 2.45. The molecule has 2 aromatic carbocycles. The van der Waals surface area contributed by atoms with Crippen LogP contribution in [0.3, 0.4) is 0 Å². The van der Waals surface area contributed by atoms with Crippen molar-refractivity contribution >= 4 is 42.2 Å². The van der Waals surface area contributed by atoms with Gasteiger partial charge in [-0.1, -0.05) is 66.2 Å². The summed E-state index contributed by atoms with van der Waals surface area (Å²) in [5.41, 5.74) is 5.79. The van der Waals surface area contributed by atoms with Gasteiger partial charge in [-0.15, -0.1) is 0 Å². The molecule has 1 aliphatic rings. The number of hydrogen-bond acceptors (Lipinski definition) is 0. The van der Waals surface area contributed by atoms with E-state index < -0.39 is 0 Å². The molecule has 0 radical (unpaired) electrons. The van der Waals surface area contributed by atoms with Crippen molar-refractivity contribution in [3.63, 3.8) is 0 Å². The first-order valence-corrected chi connectivity index (χ1v) is 20.7. The van der Waals surface area contributed by atoms with Crippen LogP contribution in [-0.2, 0) is 27.7 Å². The molecule has 0 nitrogen and oxygen atoms in total. The van der Waals surface area contributed by atoms with E-state index in [0.29, 0.717) is 0 Å². The number of halogens is 2. The molecule has 0 saturated heterocycles. The fourth-order valence-electron chi connectivity index (χ4n) is 2.32. The molecule has 1 aliphatic carbocycles. The quantitative estimate of drug-likeness (QED) is 0.425. The fraction of sp³-hybridized carbons (Fsp3) is 0.125. The number of benzene rings is 2. The first kappa shape index (κ1) is 15.9. The van der Waals surface area contributed by atoms with Crippen LogP contribution in [0, 0.1) is 0 Å². The van der Waals surface area contributed by atoms with E-state index in [0.717, 1.165) is 12.8 Å². The standard InChI is InChI=1S/C16H14.2HI.Zr/c1-2-6-13(7-3-1)10-14-11-15-8-4-5-9-16(15)12-14;;;/h1-9,11H,10,12H2;2*1H;/q;;;+2/p-2. The molecule has 3 heteroatoms. The Hall–Kier alpha value is 0.523. The van der Waals surface area contributed by atoms with Gasteiger partial charge in [-0.3, -0.25) is 0 Å². The molecule has 0 saturated carbocycles. The predicted octanol–water partition coefficient (Wildman–Crippen LogP) is 5.64. The van der Waals surface area contributed by atoms with Gasteiger partial charge in [0, 0.05) is 0 Å². The van der Waals surface area contributed by atoms with Crippen LogP contribution in [0.15, 0.2) is 60.2 Å². The molecule has 2 aromatic rings. The van der Waals surface area contributed by atoms with Crippen molar-refractivity contribution in [2.45, 2.75) is 12.8 Å². The Kier molecular flexibility index (Phi) is 7.31. The second-order valence-electron chi connectivity index (χ2n) is 4.41. The topological polar surface area (TPSA) is 0 Å². The van der Waals surface area contributed by atoms with E-state index in [1.54, 1.807) is 0 Å². The Morgan fingerprint density at radius 1 is 0.895 bits per heavy atom. The molecule has 0 amide bonds. The van der Waals surface area contributed by atoms with Crippen LogP contribution in [0.5, 0.6) is 0 Å². The van der Waals surface area contributed by atoms with Crippen LogP contribution in [0.2, 0.25) is 0 Å². The van der Waals surface area contributed by atoms with Crippen molar-refractivity contribution in [1.29, 1.82) is 0 Å². The molecule has 0 N–H and O–H groups in total. The Balaban J connectivity index is 0.000000408. The Morgan fingerprint density at radius 3 is 2.21 bits per heavy atom. The van der Waals surface area contributed by atoms with Crippen molar-refractivity contribution in [2.24, 2.45) is 0 Å². The van der Waals surface area contributed by atoms with Gasteiger partial charge in [0.05, 0.1) is 0 Å². The SMILES string of the molecule is C1=C(Cc2ccccc2)Cc2ccccc21.[I][Zr][I]. The predicted molar refractivity (Wildman–Crippen MR) is 96.3 cm³/mol. The normalized spacial score (nSPS) is 12.0. The molecule has 3 rings (SSSR count). The van der Waals surface area contributed by atoms with Crippen LogP contribution < -0.4 is 0 Å². The first-order valence-electron chi connectivity index (χ1n) is 6.11. The van der Waals surface area contributed by atoms with Crippen LogP contribution in [0.4, 0.5) is 0 Å². The second kappa shape index (κ2) is 8.73. The molecule has 0 aromatic heterocycles. The van der Waals surface area contributed by atoms with Gasteiger partial charge < -0.3 is 0 Å². The number of rotatable bonds is 2. The van der Waals surface area contributed by atoms with Gasteiger partial charge >= 0.3 is 50.9 Å². The molecule has 0 aliphatic heterocycles. The van der Waals surface area contributed by atoms with Gasteiger partial charge in [0.15, 0.2) is 0 Å². The minimum atomic E-state index is 0.170. The summed E-state index contributed by atoms with van der Waals surface area (Å²) >= 11 is 5.06. The van der Waals surface area contributed by atoms with Gasteiger partial charge in [0.2, 0.25) is 0 Å². The number of hydrogen-bond donors (Lipinski definition) is 0. The summed E-state index contributed by atoms with van der Waals surface area (Å²) in [5.74, 6) is 0. The molecule has 0 heterocycles. The number of allylic oxidation sites excluding steroid dienone is 1. The Bertz CT molecular complexity index is 550. The third kappa shape index (κ3) is 5.09. The summed E-state index contributed by atoms with van der Waals surface area (Å²) in [4.78, 5) is 0. The van der Waals surface area contributed by atoms with E-state index in [4.69, 9.17) is 0 Å². The Labute approximate surface area is 145 Å². The average Bonchev–Trinajstić information content (AvgIpc) is 2.83. The van der Waals surface area contributed by atoms with Gasteiger partial charge in [-0.05, 0) is 29.5 Å². The van der Waals surface area contributed by atoms with Crippen molar-refractivity contribution < 1.29 is 14.9 Å². The van der Waals surface area contributed by atoms with E-state index in [9.17, 15) is 0 Å². The molecule has 0 bridgehead atoms. The summed E-state index contributed by atoms with van der Waals surface area (Å²) in [6.07, 6.45) is 4.53. The fourth-order valence-corrected chi connectivity index (χ4v) is 2.32.